The molecule has 0 spiro atoms. The molecule has 0 saturated carbocycles. The summed E-state index contributed by atoms with van der Waals surface area (Å²) >= 11 is 0. The quantitative estimate of drug-likeness (QED) is 0.175. The Bertz CT molecular complexity index is 1470. The molecule has 2 atom stereocenters. The van der Waals surface area contributed by atoms with Crippen LogP contribution < -0.4 is 0 Å². The van der Waals surface area contributed by atoms with E-state index < -0.39 is 34.9 Å². The van der Waals surface area contributed by atoms with E-state index >= 15 is 4.39 Å². The lowest BCUT2D eigenvalue weighted by Crippen LogP contribution is -2.18. The molecule has 0 radical (unpaired) electrons. The highest BCUT2D eigenvalue weighted by Crippen LogP contribution is 2.33. The van der Waals surface area contributed by atoms with Crippen LogP contribution in [0.25, 0.3) is 22.3 Å². The number of aryl methyl sites for hydroxylation is 2. The van der Waals surface area contributed by atoms with Gasteiger partial charge in [-0.25, -0.2) is 26.3 Å². The number of hydrogen-bond donors (Lipinski definition) is 0. The van der Waals surface area contributed by atoms with E-state index in [0.717, 1.165) is 24.5 Å². The minimum absolute atomic E-state index is 0.0103. The normalized spacial score (nSPS) is 17.4. The van der Waals surface area contributed by atoms with Gasteiger partial charge in [0.25, 0.3) is 0 Å². The van der Waals surface area contributed by atoms with Gasteiger partial charge >= 0.3 is 0 Å². The van der Waals surface area contributed by atoms with Crippen LogP contribution in [0.15, 0.2) is 66.7 Å². The minimum Gasteiger partial charge on any atom is -0.373 e. The van der Waals surface area contributed by atoms with Crippen molar-refractivity contribution in [2.45, 2.75) is 38.7 Å². The van der Waals surface area contributed by atoms with Crippen LogP contribution in [-0.4, -0.2) is 6.61 Å². The third-order valence-corrected chi connectivity index (χ3v) is 7.27. The lowest BCUT2D eigenvalue weighted by Gasteiger charge is -2.27. The van der Waals surface area contributed by atoms with Crippen molar-refractivity contribution in [3.8, 4) is 22.3 Å². The van der Waals surface area contributed by atoms with Gasteiger partial charge in [0.2, 0.25) is 0 Å². The van der Waals surface area contributed by atoms with E-state index in [9.17, 15) is 22.0 Å². The summed E-state index contributed by atoms with van der Waals surface area (Å²) in [7, 11) is 0. The Hall–Kier alpha value is -3.58. The lowest BCUT2D eigenvalue weighted by molar-refractivity contribution is -0.0123. The molecule has 1 aliphatic rings. The number of benzene rings is 4. The molecule has 0 aliphatic carbocycles. The maximum absolute atomic E-state index is 15.0. The van der Waals surface area contributed by atoms with E-state index in [1.54, 1.807) is 12.1 Å². The molecule has 202 valence electrons. The van der Waals surface area contributed by atoms with Crippen molar-refractivity contribution in [1.29, 1.82) is 0 Å². The van der Waals surface area contributed by atoms with Gasteiger partial charge < -0.3 is 4.74 Å². The Morgan fingerprint density at radius 1 is 0.641 bits per heavy atom. The van der Waals surface area contributed by atoms with E-state index in [-0.39, 0.29) is 41.2 Å². The highest BCUT2D eigenvalue weighted by molar-refractivity contribution is 5.66. The van der Waals surface area contributed by atoms with Crippen LogP contribution in [0.4, 0.5) is 26.3 Å². The fraction of sp³-hybridized carbons (Fsp3) is 0.250. The second kappa shape index (κ2) is 11.3. The van der Waals surface area contributed by atoms with Crippen molar-refractivity contribution in [2.24, 2.45) is 5.92 Å². The molecule has 5 rings (SSSR count). The van der Waals surface area contributed by atoms with Crippen LogP contribution >= 0.6 is 0 Å². The van der Waals surface area contributed by atoms with Gasteiger partial charge in [-0.05, 0) is 77.6 Å². The molecule has 2 unspecified atom stereocenters. The van der Waals surface area contributed by atoms with Crippen molar-refractivity contribution in [2.75, 3.05) is 6.61 Å². The summed E-state index contributed by atoms with van der Waals surface area (Å²) in [6.07, 6.45) is 2.33. The van der Waals surface area contributed by atoms with Gasteiger partial charge in [-0.3, -0.25) is 0 Å². The summed E-state index contributed by atoms with van der Waals surface area (Å²) in [5, 5.41) is 0. The molecule has 1 aliphatic heterocycles. The van der Waals surface area contributed by atoms with Crippen LogP contribution in [0, 0.1) is 40.8 Å². The van der Waals surface area contributed by atoms with Crippen molar-refractivity contribution < 1.29 is 31.1 Å². The summed E-state index contributed by atoms with van der Waals surface area (Å²) in [5.74, 6) is -6.61. The third kappa shape index (κ3) is 5.74. The van der Waals surface area contributed by atoms with Crippen molar-refractivity contribution in [3.63, 3.8) is 0 Å². The molecule has 0 bridgehead atoms. The molecule has 4 aromatic carbocycles. The summed E-state index contributed by atoms with van der Waals surface area (Å²) in [6.45, 7) is 2.86. The maximum atomic E-state index is 15.0. The summed E-state index contributed by atoms with van der Waals surface area (Å²) < 4.78 is 90.9. The standard InChI is InChI=1S/C32H26F6O/c1-18-2-13-29(39-17-18)21-8-6-20(7-9-21)25-12-10-22(30(36)31(25)37)5-3-19-4-11-24(26(33)14-19)23-15-27(34)32(38)28(35)16-23/h4,6-12,14-16,18,29H,2-3,5,13,17H2,1H3. The van der Waals surface area contributed by atoms with Gasteiger partial charge in [0.1, 0.15) is 5.82 Å². The molecule has 0 amide bonds. The van der Waals surface area contributed by atoms with Crippen LogP contribution in [-0.2, 0) is 17.6 Å². The monoisotopic (exact) mass is 540 g/mol. The molecule has 1 saturated heterocycles. The SMILES string of the molecule is CC1CCC(c2ccc(-c3ccc(CCc4ccc(-c5cc(F)c(F)c(F)c5)c(F)c4)c(F)c3F)cc2)OC1. The van der Waals surface area contributed by atoms with Crippen LogP contribution in [0.1, 0.15) is 42.6 Å². The second-order valence-electron chi connectivity index (χ2n) is 10.1. The van der Waals surface area contributed by atoms with E-state index in [4.69, 9.17) is 4.74 Å². The van der Waals surface area contributed by atoms with Crippen molar-refractivity contribution in [3.05, 3.63) is 118 Å². The molecule has 4 aromatic rings. The molecular weight excluding hydrogens is 514 g/mol. The number of rotatable bonds is 6. The van der Waals surface area contributed by atoms with Gasteiger partial charge in [-0.1, -0.05) is 55.5 Å². The fourth-order valence-electron chi connectivity index (χ4n) is 4.97. The van der Waals surface area contributed by atoms with Gasteiger partial charge in [0, 0.05) is 17.7 Å². The summed E-state index contributed by atoms with van der Waals surface area (Å²) in [4.78, 5) is 0. The highest BCUT2D eigenvalue weighted by Gasteiger charge is 2.21. The van der Waals surface area contributed by atoms with Gasteiger partial charge in [-0.15, -0.1) is 0 Å². The van der Waals surface area contributed by atoms with Gasteiger partial charge in [0.05, 0.1) is 6.10 Å². The summed E-state index contributed by atoms with van der Waals surface area (Å²) in [6, 6.07) is 15.8. The summed E-state index contributed by atoms with van der Waals surface area (Å²) in [5.41, 5.74) is 2.09. The molecule has 0 N–H and O–H groups in total. The Morgan fingerprint density at radius 2 is 1.33 bits per heavy atom. The van der Waals surface area contributed by atoms with Crippen molar-refractivity contribution in [1.82, 2.24) is 0 Å². The van der Waals surface area contributed by atoms with Gasteiger partial charge in [-0.2, -0.15) is 0 Å². The third-order valence-electron chi connectivity index (χ3n) is 7.27. The van der Waals surface area contributed by atoms with E-state index in [1.165, 1.54) is 24.3 Å². The zero-order valence-corrected chi connectivity index (χ0v) is 21.2. The minimum atomic E-state index is -1.63. The zero-order chi connectivity index (χ0) is 27.7. The lowest BCUT2D eigenvalue weighted by atomic mass is 9.94. The van der Waals surface area contributed by atoms with Crippen LogP contribution in [0.5, 0.6) is 0 Å². The molecule has 1 nitrogen and oxygen atoms in total. The Morgan fingerprint density at radius 3 is 1.97 bits per heavy atom. The highest BCUT2D eigenvalue weighted by atomic mass is 19.2. The average Bonchev–Trinajstić information content (AvgIpc) is 2.93. The number of hydrogen-bond acceptors (Lipinski definition) is 1. The predicted molar refractivity (Wildman–Crippen MR) is 138 cm³/mol. The smallest absolute Gasteiger partial charge is 0.194 e. The zero-order valence-electron chi connectivity index (χ0n) is 21.2. The van der Waals surface area contributed by atoms with E-state index in [1.807, 2.05) is 12.1 Å². The first-order chi connectivity index (χ1) is 18.7. The number of halogens is 6. The first-order valence-electron chi connectivity index (χ1n) is 12.8. The Labute approximate surface area is 223 Å². The molecule has 0 aromatic heterocycles. The first-order valence-corrected chi connectivity index (χ1v) is 12.8. The maximum Gasteiger partial charge on any atom is 0.194 e. The topological polar surface area (TPSA) is 9.23 Å². The molecular formula is C32H26F6O. The second-order valence-corrected chi connectivity index (χ2v) is 10.1. The predicted octanol–water partition coefficient (Wildman–Crippen LogP) is 9.13. The van der Waals surface area contributed by atoms with E-state index in [0.29, 0.717) is 35.8 Å². The molecule has 1 heterocycles. The molecule has 39 heavy (non-hydrogen) atoms. The van der Waals surface area contributed by atoms with Crippen LogP contribution in [0.3, 0.4) is 0 Å². The molecule has 1 fully saturated rings. The van der Waals surface area contributed by atoms with Gasteiger partial charge in [0.15, 0.2) is 29.1 Å². The fourth-order valence-corrected chi connectivity index (χ4v) is 4.97. The average molecular weight is 541 g/mol. The molecule has 7 heteroatoms. The number of ether oxygens (including phenoxy) is 1. The van der Waals surface area contributed by atoms with Crippen LogP contribution in [0.2, 0.25) is 0 Å². The van der Waals surface area contributed by atoms with Crippen molar-refractivity contribution >= 4 is 0 Å². The first kappa shape index (κ1) is 27.0. The largest absolute Gasteiger partial charge is 0.373 e. The van der Waals surface area contributed by atoms with E-state index in [2.05, 4.69) is 6.92 Å². The Kier molecular flexibility index (Phi) is 7.80. The Balaban J connectivity index is 1.28.